The molecule has 1 N–H and O–H groups in total. The number of aromatic nitrogens is 4. The zero-order valence-electron chi connectivity index (χ0n) is 16.1. The SMILES string of the molecule is Cc1ncc2c(n1)C1(CCCN(C(=O)Cc3c(C)nc(C)[nH]c3=O)C1)CC2. The Labute approximate surface area is 158 Å². The Morgan fingerprint density at radius 2 is 2.07 bits per heavy atom. The van der Waals surface area contributed by atoms with Gasteiger partial charge in [-0.15, -0.1) is 0 Å². The van der Waals surface area contributed by atoms with Crippen molar-refractivity contribution in [3.8, 4) is 0 Å². The quantitative estimate of drug-likeness (QED) is 0.869. The Balaban J connectivity index is 1.57. The van der Waals surface area contributed by atoms with Gasteiger partial charge in [-0.3, -0.25) is 9.59 Å². The normalized spacial score (nSPS) is 21.5. The third-order valence-corrected chi connectivity index (χ3v) is 5.96. The van der Waals surface area contributed by atoms with Gasteiger partial charge in [-0.1, -0.05) is 0 Å². The molecule has 7 heteroatoms. The monoisotopic (exact) mass is 367 g/mol. The van der Waals surface area contributed by atoms with Gasteiger partial charge in [0.15, 0.2) is 0 Å². The summed E-state index contributed by atoms with van der Waals surface area (Å²) in [5.41, 5.74) is 3.16. The summed E-state index contributed by atoms with van der Waals surface area (Å²) >= 11 is 0. The van der Waals surface area contributed by atoms with Crippen molar-refractivity contribution in [1.82, 2.24) is 24.8 Å². The summed E-state index contributed by atoms with van der Waals surface area (Å²) in [6.45, 7) is 6.85. The average Bonchev–Trinajstić information content (AvgIpc) is 2.95. The fourth-order valence-corrected chi connectivity index (χ4v) is 4.59. The van der Waals surface area contributed by atoms with Crippen molar-refractivity contribution in [1.29, 1.82) is 0 Å². The summed E-state index contributed by atoms with van der Waals surface area (Å²) in [5, 5.41) is 0. The number of H-pyrrole nitrogens is 1. The minimum Gasteiger partial charge on any atom is -0.341 e. The van der Waals surface area contributed by atoms with E-state index in [1.54, 1.807) is 13.8 Å². The number of fused-ring (bicyclic) bond motifs is 2. The summed E-state index contributed by atoms with van der Waals surface area (Å²) in [6, 6.07) is 0. The number of aryl methyl sites for hydroxylation is 4. The van der Waals surface area contributed by atoms with Crippen LogP contribution < -0.4 is 5.56 Å². The third kappa shape index (κ3) is 3.15. The predicted octanol–water partition coefficient (Wildman–Crippen LogP) is 1.53. The average molecular weight is 367 g/mol. The molecule has 2 aromatic rings. The zero-order chi connectivity index (χ0) is 19.2. The summed E-state index contributed by atoms with van der Waals surface area (Å²) in [6.07, 6.45) is 6.02. The Morgan fingerprint density at radius 3 is 2.85 bits per heavy atom. The van der Waals surface area contributed by atoms with Crippen LogP contribution in [0.15, 0.2) is 11.0 Å². The van der Waals surface area contributed by atoms with Crippen molar-refractivity contribution in [3.63, 3.8) is 0 Å². The van der Waals surface area contributed by atoms with Crippen molar-refractivity contribution in [3.05, 3.63) is 50.7 Å². The maximum atomic E-state index is 13.0. The molecule has 1 unspecified atom stereocenters. The molecule has 1 atom stereocenters. The summed E-state index contributed by atoms with van der Waals surface area (Å²) in [4.78, 5) is 43.2. The third-order valence-electron chi connectivity index (χ3n) is 5.96. The van der Waals surface area contributed by atoms with Crippen molar-refractivity contribution in [2.24, 2.45) is 0 Å². The van der Waals surface area contributed by atoms with Gasteiger partial charge in [0.05, 0.1) is 12.1 Å². The Bertz CT molecular complexity index is 963. The second-order valence-electron chi connectivity index (χ2n) is 7.88. The van der Waals surface area contributed by atoms with Gasteiger partial charge in [0, 0.05) is 36.0 Å². The first-order valence-corrected chi connectivity index (χ1v) is 9.55. The van der Waals surface area contributed by atoms with Crippen molar-refractivity contribution in [2.45, 2.75) is 58.3 Å². The molecule has 27 heavy (non-hydrogen) atoms. The molecular formula is C20H25N5O2. The van der Waals surface area contributed by atoms with E-state index in [9.17, 15) is 9.59 Å². The first-order chi connectivity index (χ1) is 12.9. The van der Waals surface area contributed by atoms with Crippen LogP contribution in [0.5, 0.6) is 0 Å². The molecule has 3 heterocycles. The summed E-state index contributed by atoms with van der Waals surface area (Å²) in [7, 11) is 0. The van der Waals surface area contributed by atoms with Gasteiger partial charge >= 0.3 is 0 Å². The number of hydrogen-bond acceptors (Lipinski definition) is 5. The topological polar surface area (TPSA) is 91.8 Å². The largest absolute Gasteiger partial charge is 0.341 e. The number of amides is 1. The molecule has 142 valence electrons. The number of carbonyl (C=O) groups is 1. The van der Waals surface area contributed by atoms with Gasteiger partial charge in [-0.25, -0.2) is 15.0 Å². The van der Waals surface area contributed by atoms with E-state index in [0.717, 1.165) is 43.7 Å². The van der Waals surface area contributed by atoms with E-state index in [1.807, 2.05) is 18.0 Å². The van der Waals surface area contributed by atoms with Gasteiger partial charge in [0.2, 0.25) is 5.91 Å². The first kappa shape index (κ1) is 17.8. The number of likely N-dealkylation sites (tertiary alicyclic amines) is 1. The highest BCUT2D eigenvalue weighted by molar-refractivity contribution is 5.79. The van der Waals surface area contributed by atoms with Crippen LogP contribution in [-0.2, 0) is 23.1 Å². The highest BCUT2D eigenvalue weighted by atomic mass is 16.2. The molecule has 1 aliphatic carbocycles. The van der Waals surface area contributed by atoms with Crippen LogP contribution in [0, 0.1) is 20.8 Å². The highest BCUT2D eigenvalue weighted by Crippen LogP contribution is 2.43. The van der Waals surface area contributed by atoms with Gasteiger partial charge < -0.3 is 9.88 Å². The van der Waals surface area contributed by atoms with Crippen LogP contribution in [0.25, 0.3) is 0 Å². The van der Waals surface area contributed by atoms with Crippen molar-refractivity contribution >= 4 is 5.91 Å². The number of hydrogen-bond donors (Lipinski definition) is 1. The number of carbonyl (C=O) groups excluding carboxylic acids is 1. The van der Waals surface area contributed by atoms with Crippen LogP contribution in [-0.4, -0.2) is 43.8 Å². The highest BCUT2D eigenvalue weighted by Gasteiger charge is 2.44. The van der Waals surface area contributed by atoms with Gasteiger partial charge in [-0.2, -0.15) is 0 Å². The molecule has 1 spiro atoms. The minimum absolute atomic E-state index is 0.00689. The fourth-order valence-electron chi connectivity index (χ4n) is 4.59. The number of nitrogens with one attached hydrogen (secondary N) is 1. The van der Waals surface area contributed by atoms with E-state index in [1.165, 1.54) is 5.56 Å². The molecule has 1 saturated heterocycles. The number of aromatic amines is 1. The molecule has 2 aliphatic rings. The first-order valence-electron chi connectivity index (χ1n) is 9.55. The number of nitrogens with zero attached hydrogens (tertiary/aromatic N) is 4. The summed E-state index contributed by atoms with van der Waals surface area (Å²) < 4.78 is 0. The lowest BCUT2D eigenvalue weighted by Crippen LogP contribution is -2.48. The maximum Gasteiger partial charge on any atom is 0.254 e. The van der Waals surface area contributed by atoms with Crippen LogP contribution in [0.3, 0.4) is 0 Å². The zero-order valence-corrected chi connectivity index (χ0v) is 16.1. The lowest BCUT2D eigenvalue weighted by atomic mass is 9.77. The Kier molecular flexibility index (Phi) is 4.32. The number of piperidine rings is 1. The molecular weight excluding hydrogens is 342 g/mol. The van der Waals surface area contributed by atoms with E-state index in [-0.39, 0.29) is 23.3 Å². The van der Waals surface area contributed by atoms with E-state index in [0.29, 0.717) is 23.6 Å². The molecule has 0 radical (unpaired) electrons. The van der Waals surface area contributed by atoms with E-state index in [2.05, 4.69) is 15.0 Å². The fraction of sp³-hybridized carbons (Fsp3) is 0.550. The van der Waals surface area contributed by atoms with Crippen LogP contribution >= 0.6 is 0 Å². The molecule has 7 nitrogen and oxygen atoms in total. The van der Waals surface area contributed by atoms with Gasteiger partial charge in [-0.05, 0) is 52.0 Å². The number of rotatable bonds is 2. The van der Waals surface area contributed by atoms with Crippen molar-refractivity contribution in [2.75, 3.05) is 13.1 Å². The second kappa shape index (κ2) is 6.55. The Hall–Kier alpha value is -2.57. The van der Waals surface area contributed by atoms with E-state index >= 15 is 0 Å². The molecule has 0 saturated carbocycles. The Morgan fingerprint density at radius 1 is 1.26 bits per heavy atom. The molecule has 1 fully saturated rings. The molecule has 0 aromatic carbocycles. The predicted molar refractivity (Wildman–Crippen MR) is 101 cm³/mol. The van der Waals surface area contributed by atoms with Crippen LogP contribution in [0.4, 0.5) is 0 Å². The standard InChI is InChI=1S/C20H25N5O2/c1-12-16(19(27)24-14(3)22-12)9-17(26)25-8-4-6-20(11-25)7-5-15-10-21-13(2)23-18(15)20/h10H,4-9,11H2,1-3H3,(H,22,24,27). The minimum atomic E-state index is -0.213. The van der Waals surface area contributed by atoms with Gasteiger partial charge in [0.25, 0.3) is 5.56 Å². The second-order valence-corrected chi connectivity index (χ2v) is 7.88. The van der Waals surface area contributed by atoms with Crippen molar-refractivity contribution < 1.29 is 4.79 Å². The molecule has 4 rings (SSSR count). The van der Waals surface area contributed by atoms with Crippen LogP contribution in [0.2, 0.25) is 0 Å². The maximum absolute atomic E-state index is 13.0. The smallest absolute Gasteiger partial charge is 0.254 e. The molecule has 2 aromatic heterocycles. The molecule has 1 aliphatic heterocycles. The lowest BCUT2D eigenvalue weighted by Gasteiger charge is -2.40. The molecule has 1 amide bonds. The van der Waals surface area contributed by atoms with E-state index < -0.39 is 0 Å². The molecule has 0 bridgehead atoms. The summed E-state index contributed by atoms with van der Waals surface area (Å²) in [5.74, 6) is 1.35. The van der Waals surface area contributed by atoms with Gasteiger partial charge in [0.1, 0.15) is 11.6 Å². The van der Waals surface area contributed by atoms with E-state index in [4.69, 9.17) is 4.98 Å². The lowest BCUT2D eigenvalue weighted by molar-refractivity contribution is -0.132. The van der Waals surface area contributed by atoms with Crippen LogP contribution in [0.1, 0.15) is 53.4 Å².